The molecule has 3 nitrogen and oxygen atoms in total. The lowest BCUT2D eigenvalue weighted by Gasteiger charge is -2.15. The van der Waals surface area contributed by atoms with Crippen LogP contribution in [-0.2, 0) is 0 Å². The summed E-state index contributed by atoms with van der Waals surface area (Å²) in [5.41, 5.74) is 6.52. The van der Waals surface area contributed by atoms with E-state index in [1.165, 1.54) is 0 Å². The zero-order valence-electron chi connectivity index (χ0n) is 36.2. The van der Waals surface area contributed by atoms with Crippen molar-refractivity contribution >= 4 is 43.1 Å². The molecule has 0 aliphatic heterocycles. The average molecular weight is 743 g/mol. The summed E-state index contributed by atoms with van der Waals surface area (Å²) in [6, 6.07) is 59.5. The molecule has 58 heavy (non-hydrogen) atoms. The highest BCUT2D eigenvalue weighted by Crippen LogP contribution is 2.39. The molecule has 0 aliphatic rings. The van der Waals surface area contributed by atoms with Gasteiger partial charge in [0, 0.05) is 16.7 Å². The standard InChI is InChI=1S/C55H35N3/c1-3-16-36(17-4-1)45-30-31-46(49-28-12-11-27-48(45)49)39-22-15-23-41(32-39)53-56-54(42-33-38-20-7-10-25-44(38)51(35-42)37-18-5-2-6-19-37)58-55(57-53)52-34-40-21-8-9-24-43(40)47-26-13-14-29-50(47)52/h1-35H/i11D,12D,28D,30D,31D. The van der Waals surface area contributed by atoms with Crippen LogP contribution in [0.4, 0.5) is 0 Å². The Bertz CT molecular complexity index is 3630. The van der Waals surface area contributed by atoms with Crippen molar-refractivity contribution in [2.45, 2.75) is 0 Å². The molecular weight excluding hydrogens is 703 g/mol. The second-order valence-electron chi connectivity index (χ2n) is 14.4. The van der Waals surface area contributed by atoms with E-state index in [1.54, 1.807) is 6.07 Å². The molecule has 0 saturated heterocycles. The molecule has 11 aromatic rings. The van der Waals surface area contributed by atoms with Crippen molar-refractivity contribution in [1.82, 2.24) is 15.0 Å². The van der Waals surface area contributed by atoms with Crippen molar-refractivity contribution in [1.29, 1.82) is 0 Å². The maximum atomic E-state index is 9.47. The summed E-state index contributed by atoms with van der Waals surface area (Å²) in [6.45, 7) is 0. The van der Waals surface area contributed by atoms with Crippen molar-refractivity contribution in [3.05, 3.63) is 212 Å². The van der Waals surface area contributed by atoms with Crippen LogP contribution in [-0.4, -0.2) is 15.0 Å². The second kappa shape index (κ2) is 14.1. The van der Waals surface area contributed by atoms with Crippen LogP contribution in [0, 0.1) is 0 Å². The van der Waals surface area contributed by atoms with Gasteiger partial charge in [-0.25, -0.2) is 15.0 Å². The summed E-state index contributed by atoms with van der Waals surface area (Å²) in [5, 5.41) is 7.27. The summed E-state index contributed by atoms with van der Waals surface area (Å²) >= 11 is 0. The molecular formula is C55H35N3. The fourth-order valence-corrected chi connectivity index (χ4v) is 8.15. The molecule has 0 N–H and O–H groups in total. The van der Waals surface area contributed by atoms with E-state index >= 15 is 0 Å². The van der Waals surface area contributed by atoms with E-state index < -0.39 is 0 Å². The predicted molar refractivity (Wildman–Crippen MR) is 242 cm³/mol. The number of fused-ring (bicyclic) bond motifs is 5. The number of rotatable bonds is 6. The Kier molecular flexibility index (Phi) is 6.95. The van der Waals surface area contributed by atoms with E-state index in [0.29, 0.717) is 56.1 Å². The predicted octanol–water partition coefficient (Wildman–Crippen LogP) is 14.5. The molecule has 1 aromatic heterocycles. The quantitative estimate of drug-likeness (QED) is 0.159. The number of nitrogens with zero attached hydrogens (tertiary/aromatic N) is 3. The first kappa shape index (κ1) is 28.6. The van der Waals surface area contributed by atoms with Crippen LogP contribution >= 0.6 is 0 Å². The van der Waals surface area contributed by atoms with E-state index in [2.05, 4.69) is 78.9 Å². The highest BCUT2D eigenvalue weighted by atomic mass is 15.0. The van der Waals surface area contributed by atoms with Crippen LogP contribution in [0.1, 0.15) is 6.85 Å². The fraction of sp³-hybridized carbons (Fsp3) is 0. The molecule has 0 unspecified atom stereocenters. The summed E-state index contributed by atoms with van der Waals surface area (Å²) in [7, 11) is 0. The lowest BCUT2D eigenvalue weighted by Crippen LogP contribution is -2.01. The highest BCUT2D eigenvalue weighted by Gasteiger charge is 2.18. The monoisotopic (exact) mass is 742 g/mol. The molecule has 10 aromatic carbocycles. The minimum atomic E-state index is -0.240. The summed E-state index contributed by atoms with van der Waals surface area (Å²) in [4.78, 5) is 15.7. The van der Waals surface area contributed by atoms with E-state index in [4.69, 9.17) is 17.7 Å². The fourth-order valence-electron chi connectivity index (χ4n) is 8.15. The zero-order valence-corrected chi connectivity index (χ0v) is 31.2. The third-order valence-corrected chi connectivity index (χ3v) is 10.9. The zero-order chi connectivity index (χ0) is 42.8. The Labute approximate surface area is 343 Å². The second-order valence-corrected chi connectivity index (χ2v) is 14.4. The molecule has 0 amide bonds. The first-order chi connectivity index (χ1) is 30.8. The van der Waals surface area contributed by atoms with Crippen molar-refractivity contribution in [2.75, 3.05) is 0 Å². The van der Waals surface area contributed by atoms with Gasteiger partial charge in [-0.3, -0.25) is 0 Å². The van der Waals surface area contributed by atoms with Gasteiger partial charge in [-0.15, -0.1) is 0 Å². The van der Waals surface area contributed by atoms with Gasteiger partial charge in [0.2, 0.25) is 0 Å². The van der Waals surface area contributed by atoms with Gasteiger partial charge < -0.3 is 0 Å². The molecule has 0 aliphatic carbocycles. The van der Waals surface area contributed by atoms with Gasteiger partial charge in [0.15, 0.2) is 17.5 Å². The number of hydrogen-bond acceptors (Lipinski definition) is 3. The molecule has 0 spiro atoms. The van der Waals surface area contributed by atoms with Gasteiger partial charge in [-0.2, -0.15) is 0 Å². The molecule has 0 fully saturated rings. The topological polar surface area (TPSA) is 38.7 Å². The van der Waals surface area contributed by atoms with Crippen molar-refractivity contribution in [2.24, 2.45) is 0 Å². The van der Waals surface area contributed by atoms with E-state index in [9.17, 15) is 4.11 Å². The SMILES string of the molecule is [2H]c1cc2c(-c3ccccc3)c([2H])c([2H])c(-c3cccc(-c4nc(-c5cc(-c6ccccc6)c6ccccc6c5)nc(-c5cc6ccccc6c6ccccc56)n4)c3)c2c([2H])c1[2H]. The normalized spacial score (nSPS) is 12.7. The Morgan fingerprint density at radius 1 is 0.276 bits per heavy atom. The van der Waals surface area contributed by atoms with Crippen molar-refractivity contribution < 1.29 is 6.85 Å². The van der Waals surface area contributed by atoms with Crippen LogP contribution in [0.2, 0.25) is 0 Å². The lowest BCUT2D eigenvalue weighted by molar-refractivity contribution is 1.08. The molecule has 11 rings (SSSR count). The summed E-state index contributed by atoms with van der Waals surface area (Å²) in [5.74, 6) is 1.40. The molecule has 0 radical (unpaired) electrons. The molecule has 0 saturated carbocycles. The highest BCUT2D eigenvalue weighted by molar-refractivity contribution is 6.13. The smallest absolute Gasteiger partial charge is 0.164 e. The minimum Gasteiger partial charge on any atom is -0.208 e. The molecule has 0 bridgehead atoms. The van der Waals surface area contributed by atoms with E-state index in [0.717, 1.165) is 54.6 Å². The third kappa shape index (κ3) is 5.89. The first-order valence-corrected chi connectivity index (χ1v) is 19.3. The Balaban J connectivity index is 1.18. The molecule has 270 valence electrons. The van der Waals surface area contributed by atoms with Crippen molar-refractivity contribution in [3.8, 4) is 67.5 Å². The van der Waals surface area contributed by atoms with Crippen LogP contribution in [0.3, 0.4) is 0 Å². The first-order valence-electron chi connectivity index (χ1n) is 21.8. The van der Waals surface area contributed by atoms with Crippen LogP contribution in [0.5, 0.6) is 0 Å². The average Bonchev–Trinajstić information content (AvgIpc) is 3.34. The van der Waals surface area contributed by atoms with Crippen LogP contribution < -0.4 is 0 Å². The van der Waals surface area contributed by atoms with Gasteiger partial charge in [-0.05, 0) is 101 Å². The number of benzene rings is 10. The lowest BCUT2D eigenvalue weighted by atomic mass is 9.91. The maximum Gasteiger partial charge on any atom is 0.164 e. The van der Waals surface area contributed by atoms with Gasteiger partial charge in [0.25, 0.3) is 0 Å². The Hall–Kier alpha value is -7.75. The van der Waals surface area contributed by atoms with Crippen LogP contribution in [0.25, 0.3) is 111 Å². The maximum absolute atomic E-state index is 9.47. The van der Waals surface area contributed by atoms with E-state index in [1.807, 2.05) is 97.1 Å². The van der Waals surface area contributed by atoms with Crippen molar-refractivity contribution in [3.63, 3.8) is 0 Å². The largest absolute Gasteiger partial charge is 0.208 e. The van der Waals surface area contributed by atoms with Crippen LogP contribution in [0.15, 0.2) is 212 Å². The van der Waals surface area contributed by atoms with Gasteiger partial charge >= 0.3 is 0 Å². The minimum absolute atomic E-state index is 0.0240. The van der Waals surface area contributed by atoms with Gasteiger partial charge in [0.1, 0.15) is 0 Å². The Morgan fingerprint density at radius 3 is 1.57 bits per heavy atom. The summed E-state index contributed by atoms with van der Waals surface area (Å²) in [6.07, 6.45) is 0. The Morgan fingerprint density at radius 2 is 0.810 bits per heavy atom. The number of aromatic nitrogens is 3. The molecule has 1 heterocycles. The summed E-state index contributed by atoms with van der Waals surface area (Å²) < 4.78 is 45.3. The number of hydrogen-bond donors (Lipinski definition) is 0. The van der Waals surface area contributed by atoms with Gasteiger partial charge in [-0.1, -0.05) is 188 Å². The molecule has 0 atom stereocenters. The van der Waals surface area contributed by atoms with Gasteiger partial charge in [0.05, 0.1) is 6.85 Å². The third-order valence-electron chi connectivity index (χ3n) is 10.9. The van der Waals surface area contributed by atoms with E-state index in [-0.39, 0.29) is 30.2 Å². The molecule has 3 heteroatoms.